The molecule has 252 valence electrons. The van der Waals surface area contributed by atoms with Crippen LogP contribution in [0.15, 0.2) is 12.1 Å². The summed E-state index contributed by atoms with van der Waals surface area (Å²) < 4.78 is 79.7. The average molecular weight is 649 g/mol. The van der Waals surface area contributed by atoms with E-state index in [1.807, 2.05) is 5.32 Å². The molecule has 4 amide bonds. The van der Waals surface area contributed by atoms with Crippen molar-refractivity contribution >= 4 is 29.5 Å². The van der Waals surface area contributed by atoms with Gasteiger partial charge in [-0.25, -0.2) is 13.6 Å². The van der Waals surface area contributed by atoms with Crippen LogP contribution >= 0.6 is 0 Å². The molecule has 1 fully saturated rings. The summed E-state index contributed by atoms with van der Waals surface area (Å²) in [5, 5.41) is 2.02. The highest BCUT2D eigenvalue weighted by molar-refractivity contribution is 6.05. The van der Waals surface area contributed by atoms with E-state index in [2.05, 4.69) is 0 Å². The Balaban J connectivity index is 2.04. The van der Waals surface area contributed by atoms with E-state index in [0.29, 0.717) is 25.5 Å². The summed E-state index contributed by atoms with van der Waals surface area (Å²) in [6.07, 6.45) is -7.91. The highest BCUT2D eigenvalue weighted by Crippen LogP contribution is 2.44. The summed E-state index contributed by atoms with van der Waals surface area (Å²) in [4.78, 5) is 56.1. The number of benzene rings is 1. The first-order chi connectivity index (χ1) is 20.6. The van der Waals surface area contributed by atoms with Crippen molar-refractivity contribution < 1.29 is 50.6 Å². The predicted octanol–water partition coefficient (Wildman–Crippen LogP) is 5.23. The van der Waals surface area contributed by atoms with Crippen molar-refractivity contribution in [1.82, 2.24) is 15.1 Å². The molecule has 10 nitrogen and oxygen atoms in total. The molecule has 45 heavy (non-hydrogen) atoms. The minimum absolute atomic E-state index is 0.0424. The number of anilines is 1. The Kier molecular flexibility index (Phi) is 10.6. The van der Waals surface area contributed by atoms with Gasteiger partial charge in [0.2, 0.25) is 5.91 Å². The van der Waals surface area contributed by atoms with Crippen LogP contribution in [0.2, 0.25) is 0 Å². The van der Waals surface area contributed by atoms with E-state index in [1.54, 1.807) is 34.6 Å². The Labute approximate surface area is 259 Å². The second-order valence-corrected chi connectivity index (χ2v) is 12.9. The first-order valence-electron chi connectivity index (χ1n) is 14.7. The molecule has 1 saturated heterocycles. The topological polar surface area (TPSA) is 108 Å². The van der Waals surface area contributed by atoms with Crippen molar-refractivity contribution in [2.45, 2.75) is 104 Å². The van der Waals surface area contributed by atoms with Crippen LogP contribution in [-0.4, -0.2) is 89.5 Å². The number of nitrogens with one attached hydrogen (secondary N) is 1. The van der Waals surface area contributed by atoms with Gasteiger partial charge in [-0.3, -0.25) is 14.4 Å². The Morgan fingerprint density at radius 2 is 1.80 bits per heavy atom. The number of likely N-dealkylation sites (tertiary alicyclic amines) is 1. The van der Waals surface area contributed by atoms with E-state index < -0.39 is 83.8 Å². The number of alkyl halides is 5. The molecule has 2 heterocycles. The van der Waals surface area contributed by atoms with Gasteiger partial charge in [-0.1, -0.05) is 0 Å². The van der Waals surface area contributed by atoms with Gasteiger partial charge >= 0.3 is 12.3 Å². The lowest BCUT2D eigenvalue weighted by Gasteiger charge is -2.42. The standard InChI is InChI=1S/C30H41F5N4O6/c1-17(2)39(18-9-8-11-37(16-18)27(43)45-28(3,4)5)25(41)19-13-21-22(14-20(19)30(33,34)35)44-29(6,7)26(42)38(21)12-10-24(40)36-15-23(31)32/h13-14,17-18,23H,8-12,15-16H2,1-7H3,(H,36,40)/t18-/m1/s1. The van der Waals surface area contributed by atoms with Crippen molar-refractivity contribution in [3.8, 4) is 5.75 Å². The molecule has 1 aromatic carbocycles. The number of piperidine rings is 1. The Hall–Kier alpha value is -3.65. The minimum Gasteiger partial charge on any atom is -0.476 e. The molecule has 2 aliphatic rings. The van der Waals surface area contributed by atoms with Gasteiger partial charge in [0.05, 0.1) is 29.4 Å². The molecular formula is C30H41F5N4O6. The molecule has 0 saturated carbocycles. The number of nitrogens with zero attached hydrogens (tertiary/aromatic N) is 3. The van der Waals surface area contributed by atoms with Crippen molar-refractivity contribution in [1.29, 1.82) is 0 Å². The molecule has 1 N–H and O–H groups in total. The van der Waals surface area contributed by atoms with E-state index >= 15 is 0 Å². The summed E-state index contributed by atoms with van der Waals surface area (Å²) >= 11 is 0. The molecule has 0 spiro atoms. The number of amides is 4. The maximum Gasteiger partial charge on any atom is 0.417 e. The summed E-state index contributed by atoms with van der Waals surface area (Å²) in [6, 6.07) is 0.369. The normalized spacial score (nSPS) is 18.4. The number of carbonyl (C=O) groups is 4. The Morgan fingerprint density at radius 1 is 1.16 bits per heavy atom. The van der Waals surface area contributed by atoms with Gasteiger partial charge in [0.1, 0.15) is 11.4 Å². The van der Waals surface area contributed by atoms with E-state index in [0.717, 1.165) is 11.0 Å². The number of fused-ring (bicyclic) bond motifs is 1. The molecule has 0 aliphatic carbocycles. The summed E-state index contributed by atoms with van der Waals surface area (Å²) in [5.41, 5.74) is -4.59. The lowest BCUT2D eigenvalue weighted by Crippen LogP contribution is -2.55. The zero-order chi connectivity index (χ0) is 34.1. The smallest absolute Gasteiger partial charge is 0.417 e. The zero-order valence-corrected chi connectivity index (χ0v) is 26.5. The van der Waals surface area contributed by atoms with Crippen molar-refractivity contribution in [3.05, 3.63) is 23.3 Å². The SMILES string of the molecule is CC(C)N(C(=O)c1cc2c(cc1C(F)(F)F)OC(C)(C)C(=O)N2CCC(=O)NCC(F)F)[C@@H]1CCCN(C(=O)OC(C)(C)C)C1. The summed E-state index contributed by atoms with van der Waals surface area (Å²) in [6.45, 7) is 10.2. The van der Waals surface area contributed by atoms with Gasteiger partial charge in [0.25, 0.3) is 18.2 Å². The van der Waals surface area contributed by atoms with Gasteiger partial charge < -0.3 is 29.5 Å². The van der Waals surface area contributed by atoms with Gasteiger partial charge in [0.15, 0.2) is 5.60 Å². The third-order valence-corrected chi connectivity index (χ3v) is 7.30. The van der Waals surface area contributed by atoms with Crippen LogP contribution in [-0.2, 0) is 20.5 Å². The third-order valence-electron chi connectivity index (χ3n) is 7.30. The molecule has 3 rings (SSSR count). The summed E-state index contributed by atoms with van der Waals surface area (Å²) in [5.74, 6) is -2.80. The number of hydrogen-bond acceptors (Lipinski definition) is 6. The van der Waals surface area contributed by atoms with E-state index in [4.69, 9.17) is 9.47 Å². The maximum atomic E-state index is 14.5. The monoisotopic (exact) mass is 648 g/mol. The first-order valence-corrected chi connectivity index (χ1v) is 14.7. The van der Waals surface area contributed by atoms with Gasteiger partial charge in [0, 0.05) is 32.1 Å². The highest BCUT2D eigenvalue weighted by Gasteiger charge is 2.45. The number of halogens is 5. The van der Waals surface area contributed by atoms with E-state index in [1.165, 1.54) is 23.6 Å². The van der Waals surface area contributed by atoms with Gasteiger partial charge in [-0.2, -0.15) is 13.2 Å². The largest absolute Gasteiger partial charge is 0.476 e. The zero-order valence-electron chi connectivity index (χ0n) is 26.5. The fourth-order valence-corrected chi connectivity index (χ4v) is 5.38. The number of carbonyl (C=O) groups excluding carboxylic acids is 4. The van der Waals surface area contributed by atoms with Crippen LogP contribution in [0.5, 0.6) is 5.75 Å². The minimum atomic E-state index is -4.99. The number of ether oxygens (including phenoxy) is 2. The molecule has 1 atom stereocenters. The second-order valence-electron chi connectivity index (χ2n) is 12.9. The van der Waals surface area contributed by atoms with Crippen LogP contribution in [0.4, 0.5) is 32.4 Å². The molecule has 0 bridgehead atoms. The van der Waals surface area contributed by atoms with Crippen LogP contribution in [0.25, 0.3) is 0 Å². The van der Waals surface area contributed by atoms with Crippen LogP contribution < -0.4 is 15.0 Å². The molecule has 0 radical (unpaired) electrons. The molecule has 2 aliphatic heterocycles. The van der Waals surface area contributed by atoms with Crippen molar-refractivity contribution in [3.63, 3.8) is 0 Å². The predicted molar refractivity (Wildman–Crippen MR) is 154 cm³/mol. The average Bonchev–Trinajstić information content (AvgIpc) is 2.90. The number of hydrogen-bond donors (Lipinski definition) is 1. The van der Waals surface area contributed by atoms with Crippen LogP contribution in [0, 0.1) is 0 Å². The number of rotatable bonds is 8. The van der Waals surface area contributed by atoms with Crippen LogP contribution in [0.1, 0.15) is 83.7 Å². The Morgan fingerprint density at radius 3 is 2.36 bits per heavy atom. The van der Waals surface area contributed by atoms with Crippen LogP contribution in [0.3, 0.4) is 0 Å². The highest BCUT2D eigenvalue weighted by atomic mass is 19.4. The van der Waals surface area contributed by atoms with Crippen molar-refractivity contribution in [2.24, 2.45) is 0 Å². The van der Waals surface area contributed by atoms with E-state index in [9.17, 15) is 41.1 Å². The lowest BCUT2D eigenvalue weighted by atomic mass is 9.96. The van der Waals surface area contributed by atoms with Crippen molar-refractivity contribution in [2.75, 3.05) is 31.1 Å². The quantitative estimate of drug-likeness (QED) is 0.387. The third kappa shape index (κ3) is 8.75. The fraction of sp³-hybridized carbons (Fsp3) is 0.667. The summed E-state index contributed by atoms with van der Waals surface area (Å²) in [7, 11) is 0. The van der Waals surface area contributed by atoms with E-state index in [-0.39, 0.29) is 24.5 Å². The Bertz CT molecular complexity index is 1290. The molecule has 15 heteroatoms. The molecule has 0 aromatic heterocycles. The first kappa shape index (κ1) is 35.8. The molecular weight excluding hydrogens is 607 g/mol. The molecule has 1 aromatic rings. The second kappa shape index (κ2) is 13.4. The fourth-order valence-electron chi connectivity index (χ4n) is 5.38. The van der Waals surface area contributed by atoms with Gasteiger partial charge in [-0.05, 0) is 73.4 Å². The van der Waals surface area contributed by atoms with Gasteiger partial charge in [-0.15, -0.1) is 0 Å². The molecule has 0 unspecified atom stereocenters. The maximum absolute atomic E-state index is 14.5. The lowest BCUT2D eigenvalue weighted by molar-refractivity contribution is -0.138.